The van der Waals surface area contributed by atoms with Gasteiger partial charge < -0.3 is 5.32 Å². The molecule has 4 rings (SSSR count). The van der Waals surface area contributed by atoms with Crippen molar-refractivity contribution in [2.24, 2.45) is 5.92 Å². The molecule has 1 aromatic carbocycles. The van der Waals surface area contributed by atoms with E-state index in [0.717, 1.165) is 23.4 Å². The van der Waals surface area contributed by atoms with Crippen molar-refractivity contribution in [3.63, 3.8) is 0 Å². The highest BCUT2D eigenvalue weighted by Crippen LogP contribution is 2.24. The average molecular weight is 382 g/mol. The molecule has 0 aliphatic carbocycles. The summed E-state index contributed by atoms with van der Waals surface area (Å²) in [5, 5.41) is 11.5. The Morgan fingerprint density at radius 3 is 2.70 bits per heavy atom. The number of nitrogens with zero attached hydrogens (tertiary/aromatic N) is 3. The van der Waals surface area contributed by atoms with Gasteiger partial charge in [-0.15, -0.1) is 0 Å². The SMILES string of the molecule is O=C1[C@@H](Cc2ccc(Cl)cc2)CNCCN1c1cc(-c2ccncc2)[nH]n1. The first-order valence-electron chi connectivity index (χ1n) is 8.93. The molecule has 3 heterocycles. The van der Waals surface area contributed by atoms with Gasteiger partial charge in [-0.25, -0.2) is 0 Å². The summed E-state index contributed by atoms with van der Waals surface area (Å²) in [6, 6.07) is 13.4. The van der Waals surface area contributed by atoms with Crippen molar-refractivity contribution in [3.8, 4) is 11.3 Å². The van der Waals surface area contributed by atoms with Crippen molar-refractivity contribution in [1.82, 2.24) is 20.5 Å². The van der Waals surface area contributed by atoms with Crippen molar-refractivity contribution in [3.05, 3.63) is 65.4 Å². The van der Waals surface area contributed by atoms with Crippen LogP contribution in [0.5, 0.6) is 0 Å². The number of carbonyl (C=O) groups excluding carboxylic acids is 1. The Kier molecular flexibility index (Phi) is 5.18. The topological polar surface area (TPSA) is 73.9 Å². The minimum absolute atomic E-state index is 0.0859. The van der Waals surface area contributed by atoms with Gasteiger partial charge >= 0.3 is 0 Å². The number of amides is 1. The minimum Gasteiger partial charge on any atom is -0.314 e. The summed E-state index contributed by atoms with van der Waals surface area (Å²) in [4.78, 5) is 19.0. The summed E-state index contributed by atoms with van der Waals surface area (Å²) in [6.45, 7) is 1.98. The van der Waals surface area contributed by atoms with E-state index in [4.69, 9.17) is 11.6 Å². The van der Waals surface area contributed by atoms with Crippen LogP contribution in [0, 0.1) is 5.92 Å². The third-order valence-corrected chi connectivity index (χ3v) is 5.00. The van der Waals surface area contributed by atoms with Gasteiger partial charge in [0, 0.05) is 48.7 Å². The van der Waals surface area contributed by atoms with Crippen LogP contribution in [-0.4, -0.2) is 40.7 Å². The van der Waals surface area contributed by atoms with Gasteiger partial charge in [0.15, 0.2) is 5.82 Å². The van der Waals surface area contributed by atoms with Crippen LogP contribution < -0.4 is 10.2 Å². The fourth-order valence-corrected chi connectivity index (χ4v) is 3.43. The lowest BCUT2D eigenvalue weighted by molar-refractivity contribution is -0.121. The molecule has 0 bridgehead atoms. The van der Waals surface area contributed by atoms with E-state index in [2.05, 4.69) is 20.5 Å². The molecule has 1 aliphatic heterocycles. The summed E-state index contributed by atoms with van der Waals surface area (Å²) in [5.41, 5.74) is 2.95. The maximum Gasteiger partial charge on any atom is 0.232 e. The number of rotatable bonds is 4. The Labute approximate surface area is 162 Å². The molecule has 2 N–H and O–H groups in total. The Morgan fingerprint density at radius 1 is 1.15 bits per heavy atom. The quantitative estimate of drug-likeness (QED) is 0.728. The summed E-state index contributed by atoms with van der Waals surface area (Å²) in [7, 11) is 0. The number of anilines is 1. The van der Waals surface area contributed by atoms with Crippen LogP contribution in [0.4, 0.5) is 5.82 Å². The summed E-state index contributed by atoms with van der Waals surface area (Å²) in [5.74, 6) is 0.592. The fourth-order valence-electron chi connectivity index (χ4n) is 3.31. The molecule has 27 heavy (non-hydrogen) atoms. The lowest BCUT2D eigenvalue weighted by Crippen LogP contribution is -2.37. The van der Waals surface area contributed by atoms with Gasteiger partial charge in [0.1, 0.15) is 0 Å². The highest BCUT2D eigenvalue weighted by atomic mass is 35.5. The van der Waals surface area contributed by atoms with Crippen molar-refractivity contribution < 1.29 is 4.79 Å². The van der Waals surface area contributed by atoms with Gasteiger partial charge in [-0.05, 0) is 36.2 Å². The van der Waals surface area contributed by atoms with Crippen LogP contribution in [0.1, 0.15) is 5.56 Å². The summed E-state index contributed by atoms with van der Waals surface area (Å²) < 4.78 is 0. The first-order chi connectivity index (χ1) is 13.2. The maximum absolute atomic E-state index is 13.2. The highest BCUT2D eigenvalue weighted by Gasteiger charge is 2.29. The van der Waals surface area contributed by atoms with E-state index in [-0.39, 0.29) is 11.8 Å². The Hall–Kier alpha value is -2.70. The highest BCUT2D eigenvalue weighted by molar-refractivity contribution is 6.30. The number of carbonyl (C=O) groups is 1. The number of halogens is 1. The predicted molar refractivity (Wildman–Crippen MR) is 106 cm³/mol. The summed E-state index contributed by atoms with van der Waals surface area (Å²) >= 11 is 5.96. The third kappa shape index (κ3) is 4.02. The van der Waals surface area contributed by atoms with Crippen LogP contribution in [0.2, 0.25) is 5.02 Å². The lowest BCUT2D eigenvalue weighted by atomic mass is 9.98. The second-order valence-electron chi connectivity index (χ2n) is 6.60. The first kappa shape index (κ1) is 17.7. The van der Waals surface area contributed by atoms with Crippen molar-refractivity contribution in [1.29, 1.82) is 0 Å². The van der Waals surface area contributed by atoms with E-state index in [1.807, 2.05) is 42.5 Å². The smallest absolute Gasteiger partial charge is 0.232 e. The van der Waals surface area contributed by atoms with E-state index in [1.54, 1.807) is 17.3 Å². The molecule has 0 spiro atoms. The molecule has 1 amide bonds. The standard InChI is InChI=1S/C20H20ClN5O/c21-17-3-1-14(2-4-17)11-16-13-23-9-10-26(20(16)27)19-12-18(24-25-19)15-5-7-22-8-6-15/h1-8,12,16,23H,9-11,13H2,(H,24,25)/t16-/m0/s1. The van der Waals surface area contributed by atoms with Crippen molar-refractivity contribution in [2.45, 2.75) is 6.42 Å². The number of nitrogens with one attached hydrogen (secondary N) is 2. The lowest BCUT2D eigenvalue weighted by Gasteiger charge is -2.21. The van der Waals surface area contributed by atoms with E-state index < -0.39 is 0 Å². The Morgan fingerprint density at radius 2 is 1.93 bits per heavy atom. The van der Waals surface area contributed by atoms with Crippen molar-refractivity contribution in [2.75, 3.05) is 24.5 Å². The fraction of sp³-hybridized carbons (Fsp3) is 0.250. The van der Waals surface area contributed by atoms with Crippen LogP contribution in [-0.2, 0) is 11.2 Å². The number of aromatic nitrogens is 3. The van der Waals surface area contributed by atoms with Crippen LogP contribution in [0.25, 0.3) is 11.3 Å². The molecule has 3 aromatic rings. The molecular weight excluding hydrogens is 362 g/mol. The van der Waals surface area contributed by atoms with Crippen LogP contribution in [0.15, 0.2) is 54.9 Å². The number of H-pyrrole nitrogens is 1. The second kappa shape index (κ2) is 7.90. The molecule has 0 radical (unpaired) electrons. The zero-order chi connectivity index (χ0) is 18.6. The largest absolute Gasteiger partial charge is 0.314 e. The monoisotopic (exact) mass is 381 g/mol. The molecule has 7 heteroatoms. The van der Waals surface area contributed by atoms with E-state index in [1.165, 1.54) is 0 Å². The maximum atomic E-state index is 13.2. The molecular formula is C20H20ClN5O. The minimum atomic E-state index is -0.144. The van der Waals surface area contributed by atoms with E-state index >= 15 is 0 Å². The zero-order valence-corrected chi connectivity index (χ0v) is 15.5. The van der Waals surface area contributed by atoms with Crippen LogP contribution in [0.3, 0.4) is 0 Å². The van der Waals surface area contributed by atoms with Gasteiger partial charge in [0.25, 0.3) is 0 Å². The molecule has 1 saturated heterocycles. The van der Waals surface area contributed by atoms with Gasteiger partial charge in [-0.1, -0.05) is 23.7 Å². The molecule has 1 atom stereocenters. The molecule has 138 valence electrons. The van der Waals surface area contributed by atoms with E-state index in [0.29, 0.717) is 30.4 Å². The molecule has 0 saturated carbocycles. The number of aromatic amines is 1. The number of benzene rings is 1. The molecule has 0 unspecified atom stereocenters. The normalized spacial score (nSPS) is 17.7. The predicted octanol–water partition coefficient (Wildman–Crippen LogP) is 2.92. The van der Waals surface area contributed by atoms with E-state index in [9.17, 15) is 4.79 Å². The number of hydrogen-bond acceptors (Lipinski definition) is 4. The zero-order valence-electron chi connectivity index (χ0n) is 14.7. The van der Waals surface area contributed by atoms with Gasteiger partial charge in [-0.3, -0.25) is 19.8 Å². The first-order valence-corrected chi connectivity index (χ1v) is 9.31. The van der Waals surface area contributed by atoms with Gasteiger partial charge in [0.2, 0.25) is 5.91 Å². The average Bonchev–Trinajstić information content (AvgIpc) is 3.11. The Balaban J connectivity index is 1.54. The molecule has 6 nitrogen and oxygen atoms in total. The summed E-state index contributed by atoms with van der Waals surface area (Å²) in [6.07, 6.45) is 4.14. The van der Waals surface area contributed by atoms with Crippen LogP contribution >= 0.6 is 11.6 Å². The third-order valence-electron chi connectivity index (χ3n) is 4.75. The van der Waals surface area contributed by atoms with Crippen molar-refractivity contribution >= 4 is 23.3 Å². The molecule has 1 fully saturated rings. The molecule has 1 aliphatic rings. The van der Waals surface area contributed by atoms with Gasteiger partial charge in [0.05, 0.1) is 11.6 Å². The number of hydrogen-bond donors (Lipinski definition) is 2. The second-order valence-corrected chi connectivity index (χ2v) is 7.03. The molecule has 2 aromatic heterocycles. The number of pyridine rings is 1. The van der Waals surface area contributed by atoms with Gasteiger partial charge in [-0.2, -0.15) is 5.10 Å². The Bertz CT molecular complexity index is 910.